The average Bonchev–Trinajstić information content (AvgIpc) is 2.67. The monoisotopic (exact) mass is 372 g/mol. The fraction of sp³-hybridized carbons (Fsp3) is 0.500. The molecule has 2 aromatic rings. The normalized spacial score (nSPS) is 14.9. The van der Waals surface area contributed by atoms with E-state index in [1.807, 2.05) is 6.92 Å². The number of hydrogen-bond acceptors (Lipinski definition) is 6. The van der Waals surface area contributed by atoms with Crippen molar-refractivity contribution in [2.24, 2.45) is 5.92 Å². The smallest absolute Gasteiger partial charge is 0.309 e. The first-order valence-electron chi connectivity index (χ1n) is 9.37. The summed E-state index contributed by atoms with van der Waals surface area (Å²) in [5.41, 5.74) is 0.738. The Balaban J connectivity index is 1.89. The first-order valence-corrected chi connectivity index (χ1v) is 9.37. The van der Waals surface area contributed by atoms with Crippen LogP contribution in [0.5, 0.6) is 5.75 Å². The summed E-state index contributed by atoms with van der Waals surface area (Å²) >= 11 is 0. The Kier molecular flexibility index (Phi) is 5.88. The molecule has 0 atom stereocenters. The summed E-state index contributed by atoms with van der Waals surface area (Å²) in [6.45, 7) is 3.43. The van der Waals surface area contributed by atoms with Crippen molar-refractivity contribution in [1.29, 1.82) is 0 Å². The van der Waals surface area contributed by atoms with E-state index in [0.29, 0.717) is 22.6 Å². The number of carbonyl (C=O) groups is 2. The van der Waals surface area contributed by atoms with Gasteiger partial charge in [-0.05, 0) is 31.9 Å². The lowest BCUT2D eigenvalue weighted by atomic mass is 9.89. The van der Waals surface area contributed by atoms with E-state index in [1.54, 1.807) is 18.2 Å². The van der Waals surface area contributed by atoms with Crippen LogP contribution in [-0.2, 0) is 16.1 Å². The second kappa shape index (κ2) is 8.33. The summed E-state index contributed by atoms with van der Waals surface area (Å²) in [7, 11) is 0. The molecule has 144 valence electrons. The third-order valence-electron chi connectivity index (χ3n) is 4.83. The standard InChI is InChI=1S/C20H24N2O5/c1-3-26-15-9-10-16-18(11-15)22(25)19(13(2)23)17(21-16)12-27-20(24)14-7-5-4-6-8-14/h9-11,14H,3-8,12H2,1-2H3. The number of Topliss-reactive ketones (excluding diaryl/α,β-unsaturated/α-hetero) is 1. The van der Waals surface area contributed by atoms with Gasteiger partial charge in [0.05, 0.1) is 18.6 Å². The SMILES string of the molecule is CCOc1ccc2nc(COC(=O)C3CCCCC3)c(C(C)=O)[n+]([O-])c2c1. The molecular weight excluding hydrogens is 348 g/mol. The summed E-state index contributed by atoms with van der Waals surface area (Å²) in [4.78, 5) is 28.7. The lowest BCUT2D eigenvalue weighted by Gasteiger charge is -2.20. The Hall–Kier alpha value is -2.70. The fourth-order valence-electron chi connectivity index (χ4n) is 3.50. The van der Waals surface area contributed by atoms with Gasteiger partial charge in [-0.15, -0.1) is 0 Å². The van der Waals surface area contributed by atoms with Crippen LogP contribution in [0.1, 0.15) is 62.1 Å². The maximum Gasteiger partial charge on any atom is 0.309 e. The number of ketones is 1. The molecule has 3 rings (SSSR count). The molecule has 1 aromatic carbocycles. The van der Waals surface area contributed by atoms with Crippen LogP contribution in [0.4, 0.5) is 0 Å². The van der Waals surface area contributed by atoms with E-state index in [-0.39, 0.29) is 35.4 Å². The number of esters is 1. The second-order valence-corrected chi connectivity index (χ2v) is 6.78. The Labute approximate surface area is 157 Å². The molecule has 27 heavy (non-hydrogen) atoms. The van der Waals surface area contributed by atoms with Crippen molar-refractivity contribution >= 4 is 22.8 Å². The lowest BCUT2D eigenvalue weighted by Crippen LogP contribution is -2.37. The van der Waals surface area contributed by atoms with E-state index in [9.17, 15) is 14.8 Å². The van der Waals surface area contributed by atoms with Gasteiger partial charge in [0.2, 0.25) is 11.3 Å². The minimum atomic E-state index is -0.426. The molecule has 0 unspecified atom stereocenters. The molecule has 0 amide bonds. The third kappa shape index (κ3) is 4.18. The number of rotatable bonds is 6. The summed E-state index contributed by atoms with van der Waals surface area (Å²) in [5, 5.41) is 12.8. The fourth-order valence-corrected chi connectivity index (χ4v) is 3.50. The van der Waals surface area contributed by atoms with Gasteiger partial charge in [0.25, 0.3) is 5.69 Å². The summed E-state index contributed by atoms with van der Waals surface area (Å²) in [6.07, 6.45) is 4.84. The highest BCUT2D eigenvalue weighted by atomic mass is 16.5. The number of ether oxygens (including phenoxy) is 2. The van der Waals surface area contributed by atoms with Crippen LogP contribution >= 0.6 is 0 Å². The highest BCUT2D eigenvalue weighted by Crippen LogP contribution is 2.25. The highest BCUT2D eigenvalue weighted by molar-refractivity contribution is 5.93. The van der Waals surface area contributed by atoms with Gasteiger partial charge in [0.1, 0.15) is 17.9 Å². The van der Waals surface area contributed by atoms with Crippen LogP contribution in [0.2, 0.25) is 0 Å². The first kappa shape index (κ1) is 19.1. The van der Waals surface area contributed by atoms with Crippen molar-refractivity contribution in [2.45, 2.75) is 52.6 Å². The molecule has 0 radical (unpaired) electrons. The zero-order valence-electron chi connectivity index (χ0n) is 15.7. The predicted molar refractivity (Wildman–Crippen MR) is 98.2 cm³/mol. The molecule has 0 aliphatic heterocycles. The van der Waals surface area contributed by atoms with E-state index in [4.69, 9.17) is 9.47 Å². The molecule has 1 heterocycles. The highest BCUT2D eigenvalue weighted by Gasteiger charge is 2.27. The van der Waals surface area contributed by atoms with Gasteiger partial charge in [-0.1, -0.05) is 19.3 Å². The number of benzene rings is 1. The predicted octanol–water partition coefficient (Wildman–Crippen LogP) is 3.09. The van der Waals surface area contributed by atoms with Gasteiger partial charge in [0, 0.05) is 6.92 Å². The summed E-state index contributed by atoms with van der Waals surface area (Å²) < 4.78 is 11.4. The topological polar surface area (TPSA) is 92.4 Å². The molecule has 1 aliphatic rings. The number of nitrogens with zero attached hydrogens (tertiary/aromatic N) is 2. The largest absolute Gasteiger partial charge is 0.618 e. The van der Waals surface area contributed by atoms with Crippen molar-refractivity contribution < 1.29 is 23.8 Å². The van der Waals surface area contributed by atoms with Crippen LogP contribution in [0.15, 0.2) is 18.2 Å². The Bertz CT molecular complexity index is 859. The maximum absolute atomic E-state index is 12.8. The molecule has 7 heteroatoms. The molecule has 1 aliphatic carbocycles. The number of fused-ring (bicyclic) bond motifs is 1. The van der Waals surface area contributed by atoms with Gasteiger partial charge in [-0.25, -0.2) is 4.98 Å². The lowest BCUT2D eigenvalue weighted by molar-refractivity contribution is -0.580. The second-order valence-electron chi connectivity index (χ2n) is 6.78. The Morgan fingerprint density at radius 2 is 2.00 bits per heavy atom. The Morgan fingerprint density at radius 1 is 1.26 bits per heavy atom. The number of aromatic nitrogens is 2. The quantitative estimate of drug-likeness (QED) is 0.335. The molecule has 1 fully saturated rings. The van der Waals surface area contributed by atoms with Crippen LogP contribution in [0.3, 0.4) is 0 Å². The van der Waals surface area contributed by atoms with E-state index < -0.39 is 5.78 Å². The number of carbonyl (C=O) groups excluding carboxylic acids is 2. The average molecular weight is 372 g/mol. The van der Waals surface area contributed by atoms with E-state index in [1.165, 1.54) is 6.92 Å². The van der Waals surface area contributed by atoms with Crippen LogP contribution in [0, 0.1) is 11.1 Å². The van der Waals surface area contributed by atoms with Crippen molar-refractivity contribution in [1.82, 2.24) is 4.98 Å². The van der Waals surface area contributed by atoms with E-state index in [0.717, 1.165) is 32.1 Å². The van der Waals surface area contributed by atoms with Crippen LogP contribution in [0.25, 0.3) is 11.0 Å². The number of hydrogen-bond donors (Lipinski definition) is 0. The third-order valence-corrected chi connectivity index (χ3v) is 4.83. The van der Waals surface area contributed by atoms with E-state index >= 15 is 0 Å². The van der Waals surface area contributed by atoms with Gasteiger partial charge in [-0.3, -0.25) is 9.59 Å². The molecule has 1 aromatic heterocycles. The summed E-state index contributed by atoms with van der Waals surface area (Å²) in [5.74, 6) is -0.282. The van der Waals surface area contributed by atoms with Crippen LogP contribution < -0.4 is 9.47 Å². The van der Waals surface area contributed by atoms with Crippen molar-refractivity contribution in [3.8, 4) is 5.75 Å². The summed E-state index contributed by atoms with van der Waals surface area (Å²) in [6, 6.07) is 4.93. The van der Waals surface area contributed by atoms with Crippen molar-refractivity contribution in [3.63, 3.8) is 0 Å². The molecule has 0 bridgehead atoms. The van der Waals surface area contributed by atoms with Gasteiger partial charge >= 0.3 is 5.97 Å². The molecule has 0 N–H and O–H groups in total. The molecule has 1 saturated carbocycles. The van der Waals surface area contributed by atoms with Gasteiger partial charge in [-0.2, -0.15) is 4.73 Å². The molecular formula is C20H24N2O5. The zero-order valence-corrected chi connectivity index (χ0v) is 15.7. The van der Waals surface area contributed by atoms with Gasteiger partial charge < -0.3 is 14.7 Å². The molecule has 0 saturated heterocycles. The zero-order chi connectivity index (χ0) is 19.4. The molecule has 7 nitrogen and oxygen atoms in total. The van der Waals surface area contributed by atoms with Gasteiger partial charge in [0.15, 0.2) is 5.69 Å². The first-order chi connectivity index (χ1) is 13.0. The maximum atomic E-state index is 12.8. The minimum Gasteiger partial charge on any atom is -0.618 e. The van der Waals surface area contributed by atoms with Crippen molar-refractivity contribution in [2.75, 3.05) is 6.61 Å². The minimum absolute atomic E-state index is 0.104. The molecule has 0 spiro atoms. The Morgan fingerprint density at radius 3 is 2.67 bits per heavy atom. The van der Waals surface area contributed by atoms with Crippen LogP contribution in [-0.4, -0.2) is 23.3 Å². The van der Waals surface area contributed by atoms with E-state index in [2.05, 4.69) is 4.98 Å². The van der Waals surface area contributed by atoms with Crippen molar-refractivity contribution in [3.05, 3.63) is 34.8 Å².